The van der Waals surface area contributed by atoms with Crippen molar-refractivity contribution in [3.05, 3.63) is 65.7 Å². The van der Waals surface area contributed by atoms with E-state index in [1.54, 1.807) is 42.5 Å². The van der Waals surface area contributed by atoms with Crippen molar-refractivity contribution in [3.63, 3.8) is 0 Å². The number of methoxy groups -OCH3 is 1. The maximum Gasteiger partial charge on any atom is 0.523 e. The molecule has 0 aliphatic rings. The molecule has 0 saturated carbocycles. The lowest BCUT2D eigenvalue weighted by Gasteiger charge is -2.07. The number of benzene rings is 2. The standard InChI is InChI=1S/C9H12N2O3.C8H7F3O3S/c1-13-9(12)14-8-4-2-7(3-5-8)6-11-10;9-8(10,11)15(12,13)14-6-7-4-2-1-3-5-7/h2-5,11H,6,10H2,1H3;1-5H,6H2. The second-order valence-electron chi connectivity index (χ2n) is 5.23. The average Bonchev–Trinajstić information content (AvgIpc) is 2.68. The van der Waals surface area contributed by atoms with Gasteiger partial charge in [0, 0.05) is 6.54 Å². The summed E-state index contributed by atoms with van der Waals surface area (Å²) in [6.07, 6.45) is -0.727. The quantitative estimate of drug-likeness (QED) is 0.177. The van der Waals surface area contributed by atoms with Crippen LogP contribution < -0.4 is 16.0 Å². The number of hydrogen-bond donors (Lipinski definition) is 2. The van der Waals surface area contributed by atoms with E-state index in [9.17, 15) is 26.4 Å². The molecule has 160 valence electrons. The molecule has 0 bridgehead atoms. The first-order valence-corrected chi connectivity index (χ1v) is 9.27. The molecule has 3 N–H and O–H groups in total. The van der Waals surface area contributed by atoms with Gasteiger partial charge in [0.05, 0.1) is 13.7 Å². The topological polar surface area (TPSA) is 117 Å². The van der Waals surface area contributed by atoms with Gasteiger partial charge >= 0.3 is 21.8 Å². The van der Waals surface area contributed by atoms with Gasteiger partial charge in [-0.15, -0.1) is 0 Å². The van der Waals surface area contributed by atoms with Crippen LogP contribution in [0, 0.1) is 0 Å². The first-order chi connectivity index (χ1) is 13.6. The van der Waals surface area contributed by atoms with Crippen LogP contribution in [0.4, 0.5) is 18.0 Å². The number of halogens is 3. The number of nitrogens with one attached hydrogen (secondary N) is 1. The average molecular weight is 436 g/mol. The molecule has 0 radical (unpaired) electrons. The van der Waals surface area contributed by atoms with Crippen LogP contribution in [0.2, 0.25) is 0 Å². The molecule has 0 aromatic heterocycles. The Morgan fingerprint density at radius 2 is 1.62 bits per heavy atom. The van der Waals surface area contributed by atoms with Gasteiger partial charge < -0.3 is 9.47 Å². The Morgan fingerprint density at radius 3 is 2.10 bits per heavy atom. The summed E-state index contributed by atoms with van der Waals surface area (Å²) in [6.45, 7) is -0.0544. The van der Waals surface area contributed by atoms with Gasteiger partial charge in [0.2, 0.25) is 0 Å². The van der Waals surface area contributed by atoms with Gasteiger partial charge in [-0.05, 0) is 23.3 Å². The Labute approximate surface area is 165 Å². The fourth-order valence-electron chi connectivity index (χ4n) is 1.72. The maximum atomic E-state index is 11.8. The third kappa shape index (κ3) is 8.91. The van der Waals surface area contributed by atoms with Crippen molar-refractivity contribution < 1.29 is 40.0 Å². The molecule has 0 aliphatic heterocycles. The van der Waals surface area contributed by atoms with Crippen LogP contribution in [-0.4, -0.2) is 27.2 Å². The van der Waals surface area contributed by atoms with Gasteiger partial charge in [0.1, 0.15) is 5.75 Å². The number of hydrazine groups is 1. The van der Waals surface area contributed by atoms with Crippen molar-refractivity contribution in [2.24, 2.45) is 5.84 Å². The number of carbonyl (C=O) groups excluding carboxylic acids is 1. The molecule has 8 nitrogen and oxygen atoms in total. The highest BCUT2D eigenvalue weighted by Gasteiger charge is 2.47. The Kier molecular flexibility index (Phi) is 9.55. The maximum absolute atomic E-state index is 11.8. The van der Waals surface area contributed by atoms with E-state index in [4.69, 9.17) is 10.6 Å². The van der Waals surface area contributed by atoms with Crippen molar-refractivity contribution in [2.75, 3.05) is 7.11 Å². The molecular weight excluding hydrogens is 417 g/mol. The monoisotopic (exact) mass is 436 g/mol. The first kappa shape index (κ1) is 24.4. The van der Waals surface area contributed by atoms with E-state index < -0.39 is 28.4 Å². The zero-order valence-corrected chi connectivity index (χ0v) is 16.0. The van der Waals surface area contributed by atoms with Gasteiger partial charge in [0.25, 0.3) is 0 Å². The summed E-state index contributed by atoms with van der Waals surface area (Å²) < 4.78 is 69.4. The van der Waals surface area contributed by atoms with E-state index >= 15 is 0 Å². The minimum absolute atomic E-state index is 0.352. The number of carbonyl (C=O) groups is 1. The molecule has 0 amide bonds. The van der Waals surface area contributed by atoms with E-state index in [2.05, 4.69) is 14.3 Å². The molecule has 0 fully saturated rings. The fourth-order valence-corrected chi connectivity index (χ4v) is 2.14. The Bertz CT molecular complexity index is 859. The third-order valence-electron chi connectivity index (χ3n) is 3.10. The van der Waals surface area contributed by atoms with E-state index in [0.29, 0.717) is 17.9 Å². The summed E-state index contributed by atoms with van der Waals surface area (Å²) in [5.41, 5.74) is -1.49. The van der Waals surface area contributed by atoms with Gasteiger partial charge in [-0.3, -0.25) is 15.5 Å². The van der Waals surface area contributed by atoms with Crippen molar-refractivity contribution in [3.8, 4) is 5.75 Å². The Hall–Kier alpha value is -2.67. The van der Waals surface area contributed by atoms with Crippen LogP contribution in [0.25, 0.3) is 0 Å². The molecule has 0 spiro atoms. The van der Waals surface area contributed by atoms with Gasteiger partial charge in [0.15, 0.2) is 0 Å². The fraction of sp³-hybridized carbons (Fsp3) is 0.235. The van der Waals surface area contributed by atoms with E-state index in [1.807, 2.05) is 0 Å². The van der Waals surface area contributed by atoms with Crippen LogP contribution in [0.15, 0.2) is 54.6 Å². The van der Waals surface area contributed by atoms with Crippen molar-refractivity contribution in [2.45, 2.75) is 18.7 Å². The second-order valence-corrected chi connectivity index (χ2v) is 6.84. The predicted octanol–water partition coefficient (Wildman–Crippen LogP) is 2.85. The lowest BCUT2D eigenvalue weighted by Crippen LogP contribution is -2.25. The molecule has 0 unspecified atom stereocenters. The molecule has 0 aliphatic carbocycles. The molecule has 2 rings (SSSR count). The van der Waals surface area contributed by atoms with Gasteiger partial charge in [-0.1, -0.05) is 42.5 Å². The van der Waals surface area contributed by atoms with E-state index in [1.165, 1.54) is 19.2 Å². The summed E-state index contributed by atoms with van der Waals surface area (Å²) in [7, 11) is -4.24. The highest BCUT2D eigenvalue weighted by Crippen LogP contribution is 2.25. The zero-order chi connectivity index (χ0) is 21.9. The van der Waals surface area contributed by atoms with Crippen molar-refractivity contribution >= 4 is 16.3 Å². The summed E-state index contributed by atoms with van der Waals surface area (Å²) in [6, 6.07) is 14.7. The molecular formula is C17H19F3N2O6S. The Balaban J connectivity index is 0.000000291. The SMILES string of the molecule is COC(=O)Oc1ccc(CNN)cc1.O=S(=O)(OCc1ccccc1)C(F)(F)F. The molecule has 2 aromatic rings. The van der Waals surface area contributed by atoms with Gasteiger partial charge in [-0.2, -0.15) is 21.6 Å². The highest BCUT2D eigenvalue weighted by molar-refractivity contribution is 7.87. The highest BCUT2D eigenvalue weighted by atomic mass is 32.2. The molecule has 0 saturated heterocycles. The Morgan fingerprint density at radius 1 is 1.03 bits per heavy atom. The van der Waals surface area contributed by atoms with Crippen molar-refractivity contribution in [1.29, 1.82) is 0 Å². The van der Waals surface area contributed by atoms with Crippen LogP contribution >= 0.6 is 0 Å². The molecule has 2 aromatic carbocycles. The number of hydrogen-bond acceptors (Lipinski definition) is 8. The van der Waals surface area contributed by atoms with Crippen LogP contribution in [0.1, 0.15) is 11.1 Å². The smallest absolute Gasteiger partial charge is 0.437 e. The minimum Gasteiger partial charge on any atom is -0.437 e. The number of nitrogens with two attached hydrogens (primary N) is 1. The number of ether oxygens (including phenoxy) is 2. The van der Waals surface area contributed by atoms with Crippen LogP contribution in [-0.2, 0) is 32.2 Å². The molecule has 0 atom stereocenters. The summed E-state index contributed by atoms with van der Waals surface area (Å²) in [4.78, 5) is 10.7. The molecule has 12 heteroatoms. The van der Waals surface area contributed by atoms with Gasteiger partial charge in [-0.25, -0.2) is 4.79 Å². The van der Waals surface area contributed by atoms with Crippen LogP contribution in [0.3, 0.4) is 0 Å². The lowest BCUT2D eigenvalue weighted by atomic mass is 10.2. The zero-order valence-electron chi connectivity index (χ0n) is 15.2. The summed E-state index contributed by atoms with van der Waals surface area (Å²) in [5.74, 6) is 5.59. The predicted molar refractivity (Wildman–Crippen MR) is 96.7 cm³/mol. The molecule has 0 heterocycles. The number of alkyl halides is 3. The second kappa shape index (κ2) is 11.4. The largest absolute Gasteiger partial charge is 0.523 e. The van der Waals surface area contributed by atoms with Crippen molar-refractivity contribution in [1.82, 2.24) is 5.43 Å². The third-order valence-corrected chi connectivity index (χ3v) is 4.10. The van der Waals surface area contributed by atoms with Crippen LogP contribution in [0.5, 0.6) is 5.75 Å². The first-order valence-electron chi connectivity index (χ1n) is 7.87. The van der Waals surface area contributed by atoms with E-state index in [0.717, 1.165) is 5.56 Å². The summed E-state index contributed by atoms with van der Waals surface area (Å²) in [5, 5.41) is 0. The summed E-state index contributed by atoms with van der Waals surface area (Å²) >= 11 is 0. The number of rotatable bonds is 6. The van der Waals surface area contributed by atoms with E-state index in [-0.39, 0.29) is 0 Å². The normalized spacial score (nSPS) is 11.2. The molecule has 29 heavy (non-hydrogen) atoms. The minimum atomic E-state index is -5.50. The lowest BCUT2D eigenvalue weighted by molar-refractivity contribution is -0.0547.